The standard InChI is InChI=1S/C27H33NO8/c1-16(2)36-19-10-8-17(9-11-19)24(29)22-23(28(12-7-13-32-3)27(31)25(22)30)18-14-20(33-4)26(35-6)21(15-18)34-5/h8-11,14-16,23,29H,7,12-13H2,1-6H3/b24-22+/t23-/m1/s1. The van der Waals surface area contributed by atoms with Gasteiger partial charge in [-0.15, -0.1) is 0 Å². The van der Waals surface area contributed by atoms with Gasteiger partial charge in [-0.1, -0.05) is 0 Å². The molecule has 0 radical (unpaired) electrons. The SMILES string of the molecule is COCCCN1C(=O)C(=O)/C(=C(/O)c2ccc(OC(C)C)cc2)[C@H]1c1cc(OC)c(OC)c(OC)c1. The lowest BCUT2D eigenvalue weighted by molar-refractivity contribution is -0.140. The first-order valence-electron chi connectivity index (χ1n) is 11.6. The molecule has 0 aliphatic carbocycles. The van der Waals surface area contributed by atoms with Gasteiger partial charge in [-0.2, -0.15) is 0 Å². The van der Waals surface area contributed by atoms with Crippen molar-refractivity contribution < 1.29 is 38.4 Å². The van der Waals surface area contributed by atoms with Crippen molar-refractivity contribution in [1.82, 2.24) is 4.90 Å². The number of carbonyl (C=O) groups is 2. The van der Waals surface area contributed by atoms with Crippen LogP contribution < -0.4 is 18.9 Å². The highest BCUT2D eigenvalue weighted by Gasteiger charge is 2.46. The smallest absolute Gasteiger partial charge is 0.295 e. The summed E-state index contributed by atoms with van der Waals surface area (Å²) < 4.78 is 27.2. The van der Waals surface area contributed by atoms with Crippen LogP contribution in [-0.4, -0.2) is 69.4 Å². The van der Waals surface area contributed by atoms with Crippen LogP contribution >= 0.6 is 0 Å². The number of nitrogens with zero attached hydrogens (tertiary/aromatic N) is 1. The Morgan fingerprint density at radius 3 is 2.08 bits per heavy atom. The van der Waals surface area contributed by atoms with Crippen molar-refractivity contribution in [3.05, 3.63) is 53.1 Å². The molecule has 3 rings (SSSR count). The molecule has 9 heteroatoms. The zero-order valence-electron chi connectivity index (χ0n) is 21.5. The molecular weight excluding hydrogens is 466 g/mol. The van der Waals surface area contributed by atoms with E-state index in [2.05, 4.69) is 0 Å². The quantitative estimate of drug-likeness (QED) is 0.215. The maximum Gasteiger partial charge on any atom is 0.295 e. The predicted octanol–water partition coefficient (Wildman–Crippen LogP) is 3.96. The molecule has 36 heavy (non-hydrogen) atoms. The molecular formula is C27H33NO8. The topological polar surface area (TPSA) is 104 Å². The molecule has 1 atom stereocenters. The van der Waals surface area contributed by atoms with E-state index >= 15 is 0 Å². The molecule has 1 saturated heterocycles. The monoisotopic (exact) mass is 499 g/mol. The number of benzene rings is 2. The third-order valence-electron chi connectivity index (χ3n) is 5.79. The second-order valence-corrected chi connectivity index (χ2v) is 8.49. The molecule has 0 bridgehead atoms. The van der Waals surface area contributed by atoms with Crippen molar-refractivity contribution in [1.29, 1.82) is 0 Å². The number of ether oxygens (including phenoxy) is 5. The number of aliphatic hydroxyl groups is 1. The Bertz CT molecular complexity index is 1100. The van der Waals surface area contributed by atoms with Gasteiger partial charge < -0.3 is 33.7 Å². The molecule has 1 amide bonds. The summed E-state index contributed by atoms with van der Waals surface area (Å²) >= 11 is 0. The fourth-order valence-corrected chi connectivity index (χ4v) is 4.21. The van der Waals surface area contributed by atoms with E-state index in [1.807, 2.05) is 13.8 Å². The minimum absolute atomic E-state index is 0.0121. The molecule has 1 aliphatic rings. The van der Waals surface area contributed by atoms with E-state index in [9.17, 15) is 14.7 Å². The number of methoxy groups -OCH3 is 4. The van der Waals surface area contributed by atoms with E-state index in [1.165, 1.54) is 26.2 Å². The van der Waals surface area contributed by atoms with Gasteiger partial charge in [-0.05, 0) is 62.2 Å². The minimum atomic E-state index is -0.873. The van der Waals surface area contributed by atoms with Gasteiger partial charge in [0.15, 0.2) is 11.5 Å². The van der Waals surface area contributed by atoms with Crippen LogP contribution in [-0.2, 0) is 14.3 Å². The maximum atomic E-state index is 13.2. The lowest BCUT2D eigenvalue weighted by Gasteiger charge is -2.26. The molecule has 0 unspecified atom stereocenters. The molecule has 1 fully saturated rings. The van der Waals surface area contributed by atoms with E-state index in [1.54, 1.807) is 43.5 Å². The summed E-state index contributed by atoms with van der Waals surface area (Å²) in [4.78, 5) is 27.8. The summed E-state index contributed by atoms with van der Waals surface area (Å²) in [6.45, 7) is 4.48. The number of rotatable bonds is 11. The van der Waals surface area contributed by atoms with Crippen LogP contribution in [0.3, 0.4) is 0 Å². The van der Waals surface area contributed by atoms with Gasteiger partial charge in [-0.3, -0.25) is 9.59 Å². The Labute approximate surface area is 211 Å². The van der Waals surface area contributed by atoms with Crippen molar-refractivity contribution in [2.45, 2.75) is 32.4 Å². The van der Waals surface area contributed by atoms with E-state index < -0.39 is 17.7 Å². The second-order valence-electron chi connectivity index (χ2n) is 8.49. The summed E-state index contributed by atoms with van der Waals surface area (Å²) in [5.74, 6) is -0.0209. The first-order valence-corrected chi connectivity index (χ1v) is 11.6. The fourth-order valence-electron chi connectivity index (χ4n) is 4.21. The highest BCUT2D eigenvalue weighted by molar-refractivity contribution is 6.46. The Hall–Kier alpha value is -3.72. The molecule has 2 aromatic rings. The fraction of sp³-hybridized carbons (Fsp3) is 0.407. The minimum Gasteiger partial charge on any atom is -0.507 e. The highest BCUT2D eigenvalue weighted by atomic mass is 16.5. The number of Topliss-reactive ketones (excluding diaryl/α,β-unsaturated/α-hetero) is 1. The molecule has 1 N–H and O–H groups in total. The van der Waals surface area contributed by atoms with Crippen molar-refractivity contribution in [3.8, 4) is 23.0 Å². The van der Waals surface area contributed by atoms with Crippen molar-refractivity contribution in [3.63, 3.8) is 0 Å². The summed E-state index contributed by atoms with van der Waals surface area (Å²) in [6, 6.07) is 9.19. The lowest BCUT2D eigenvalue weighted by atomic mass is 9.94. The summed E-state index contributed by atoms with van der Waals surface area (Å²) in [5.41, 5.74) is 0.894. The van der Waals surface area contributed by atoms with E-state index in [4.69, 9.17) is 23.7 Å². The van der Waals surface area contributed by atoms with Crippen LogP contribution in [0, 0.1) is 0 Å². The highest BCUT2D eigenvalue weighted by Crippen LogP contribution is 2.45. The molecule has 2 aromatic carbocycles. The number of hydrogen-bond acceptors (Lipinski definition) is 8. The normalized spacial score (nSPS) is 17.0. The number of carbonyl (C=O) groups excluding carboxylic acids is 2. The molecule has 194 valence electrons. The van der Waals surface area contributed by atoms with E-state index in [0.29, 0.717) is 47.2 Å². The molecule has 0 spiro atoms. The van der Waals surface area contributed by atoms with Crippen molar-refractivity contribution in [2.75, 3.05) is 41.6 Å². The number of likely N-dealkylation sites (tertiary alicyclic amines) is 1. The molecule has 1 aliphatic heterocycles. The Kier molecular flexibility index (Phi) is 8.82. The van der Waals surface area contributed by atoms with Gasteiger partial charge in [0.1, 0.15) is 11.5 Å². The molecule has 0 aromatic heterocycles. The van der Waals surface area contributed by atoms with Crippen molar-refractivity contribution in [2.24, 2.45) is 0 Å². The number of hydrogen-bond donors (Lipinski definition) is 1. The third kappa shape index (κ3) is 5.41. The van der Waals surface area contributed by atoms with Gasteiger partial charge in [0.2, 0.25) is 5.75 Å². The van der Waals surface area contributed by atoms with Crippen LogP contribution in [0.4, 0.5) is 0 Å². The average Bonchev–Trinajstić information content (AvgIpc) is 3.12. The summed E-state index contributed by atoms with van der Waals surface area (Å²) in [7, 11) is 6.02. The van der Waals surface area contributed by atoms with E-state index in [-0.39, 0.29) is 24.0 Å². The largest absolute Gasteiger partial charge is 0.507 e. The van der Waals surface area contributed by atoms with Crippen LogP contribution in [0.1, 0.15) is 37.4 Å². The molecule has 9 nitrogen and oxygen atoms in total. The van der Waals surface area contributed by atoms with Gasteiger partial charge in [-0.25, -0.2) is 0 Å². The van der Waals surface area contributed by atoms with Crippen LogP contribution in [0.25, 0.3) is 5.76 Å². The molecule has 0 saturated carbocycles. The Morgan fingerprint density at radius 1 is 0.972 bits per heavy atom. The lowest BCUT2D eigenvalue weighted by Crippen LogP contribution is -2.31. The van der Waals surface area contributed by atoms with Gasteiger partial charge in [0.05, 0.1) is 39.0 Å². The number of ketones is 1. The van der Waals surface area contributed by atoms with Crippen molar-refractivity contribution >= 4 is 17.4 Å². The number of aliphatic hydroxyl groups excluding tert-OH is 1. The zero-order valence-corrected chi connectivity index (χ0v) is 21.5. The third-order valence-corrected chi connectivity index (χ3v) is 5.79. The first kappa shape index (κ1) is 26.9. The van der Waals surface area contributed by atoms with Gasteiger partial charge in [0.25, 0.3) is 11.7 Å². The van der Waals surface area contributed by atoms with Crippen LogP contribution in [0.2, 0.25) is 0 Å². The second kappa shape index (κ2) is 11.8. The van der Waals surface area contributed by atoms with Gasteiger partial charge in [0, 0.05) is 25.8 Å². The summed E-state index contributed by atoms with van der Waals surface area (Å²) in [5, 5.41) is 11.3. The predicted molar refractivity (Wildman–Crippen MR) is 134 cm³/mol. The Balaban J connectivity index is 2.17. The first-order chi connectivity index (χ1) is 17.3. The maximum absolute atomic E-state index is 13.2. The van der Waals surface area contributed by atoms with Crippen LogP contribution in [0.15, 0.2) is 42.0 Å². The average molecular weight is 500 g/mol. The Morgan fingerprint density at radius 2 is 1.58 bits per heavy atom. The number of amides is 1. The molecule has 1 heterocycles. The van der Waals surface area contributed by atoms with Gasteiger partial charge >= 0.3 is 0 Å². The zero-order chi connectivity index (χ0) is 26.4. The summed E-state index contributed by atoms with van der Waals surface area (Å²) in [6.07, 6.45) is 0.494. The van der Waals surface area contributed by atoms with Crippen LogP contribution in [0.5, 0.6) is 23.0 Å². The van der Waals surface area contributed by atoms with E-state index in [0.717, 1.165) is 0 Å².